The molecule has 0 saturated carbocycles. The molecule has 23 heavy (non-hydrogen) atoms. The van der Waals surface area contributed by atoms with E-state index in [1.54, 1.807) is 18.2 Å². The molecular weight excluding hydrogens is 314 g/mol. The van der Waals surface area contributed by atoms with Crippen molar-refractivity contribution >= 4 is 22.9 Å². The lowest BCUT2D eigenvalue weighted by molar-refractivity contribution is 0.174. The predicted molar refractivity (Wildman–Crippen MR) is 91.7 cm³/mol. The van der Waals surface area contributed by atoms with Crippen LogP contribution in [0, 0.1) is 0 Å². The molecule has 5 nitrogen and oxygen atoms in total. The summed E-state index contributed by atoms with van der Waals surface area (Å²) in [6.45, 7) is 4.13. The van der Waals surface area contributed by atoms with E-state index in [-0.39, 0.29) is 24.2 Å². The standard InChI is InChI=1S/C17H17NO4S/c1-9(2)11-6-12(14(20)7-13(11)19)17(23)18-10-3-4-15-16(5-10)22-8-21-15/h3-7,9,19-20H,8H2,1-2H3,(H,18,23). The van der Waals surface area contributed by atoms with E-state index in [1.165, 1.54) is 6.07 Å². The highest BCUT2D eigenvalue weighted by Gasteiger charge is 2.17. The molecule has 0 amide bonds. The number of aromatic hydroxyl groups is 2. The third-order valence-electron chi connectivity index (χ3n) is 3.64. The van der Waals surface area contributed by atoms with Crippen LogP contribution < -0.4 is 14.8 Å². The second kappa shape index (κ2) is 5.96. The first-order valence-corrected chi connectivity index (χ1v) is 7.63. The number of fused-ring (bicyclic) bond motifs is 1. The maximum Gasteiger partial charge on any atom is 0.231 e. The summed E-state index contributed by atoms with van der Waals surface area (Å²) < 4.78 is 10.6. The van der Waals surface area contributed by atoms with Crippen LogP contribution in [0.25, 0.3) is 0 Å². The maximum atomic E-state index is 10.1. The van der Waals surface area contributed by atoms with Crippen molar-refractivity contribution < 1.29 is 19.7 Å². The van der Waals surface area contributed by atoms with Gasteiger partial charge in [0.25, 0.3) is 0 Å². The molecule has 0 unspecified atom stereocenters. The van der Waals surface area contributed by atoms with Crippen LogP contribution in [0.4, 0.5) is 5.69 Å². The van der Waals surface area contributed by atoms with Gasteiger partial charge >= 0.3 is 0 Å². The lowest BCUT2D eigenvalue weighted by Crippen LogP contribution is -2.11. The molecule has 1 aliphatic heterocycles. The summed E-state index contributed by atoms with van der Waals surface area (Å²) in [4.78, 5) is 0.364. The summed E-state index contributed by atoms with van der Waals surface area (Å²) in [6.07, 6.45) is 0. The summed E-state index contributed by atoms with van der Waals surface area (Å²) in [5.74, 6) is 1.45. The van der Waals surface area contributed by atoms with E-state index < -0.39 is 0 Å². The van der Waals surface area contributed by atoms with Gasteiger partial charge in [0.15, 0.2) is 11.5 Å². The third-order valence-corrected chi connectivity index (χ3v) is 3.96. The molecule has 0 radical (unpaired) electrons. The Morgan fingerprint density at radius 3 is 2.57 bits per heavy atom. The van der Waals surface area contributed by atoms with Crippen molar-refractivity contribution in [1.29, 1.82) is 0 Å². The quantitative estimate of drug-likeness (QED) is 0.744. The molecule has 0 bridgehead atoms. The average Bonchev–Trinajstić information content (AvgIpc) is 2.94. The van der Waals surface area contributed by atoms with E-state index in [1.807, 2.05) is 19.9 Å². The molecule has 0 saturated heterocycles. The topological polar surface area (TPSA) is 71.0 Å². The third kappa shape index (κ3) is 3.03. The van der Waals surface area contributed by atoms with Crippen molar-refractivity contribution in [2.24, 2.45) is 0 Å². The number of rotatable bonds is 3. The summed E-state index contributed by atoms with van der Waals surface area (Å²) in [6, 6.07) is 8.43. The van der Waals surface area contributed by atoms with E-state index in [4.69, 9.17) is 21.7 Å². The largest absolute Gasteiger partial charge is 0.508 e. The number of hydrogen-bond acceptors (Lipinski definition) is 5. The van der Waals surface area contributed by atoms with Gasteiger partial charge in [0.1, 0.15) is 16.5 Å². The number of nitrogens with one attached hydrogen (secondary N) is 1. The maximum absolute atomic E-state index is 10.1. The summed E-state index contributed by atoms with van der Waals surface area (Å²) in [5.41, 5.74) is 1.93. The molecule has 120 valence electrons. The number of phenols is 2. The van der Waals surface area contributed by atoms with Gasteiger partial charge in [0.05, 0.1) is 5.56 Å². The molecule has 1 heterocycles. The fourth-order valence-electron chi connectivity index (χ4n) is 2.41. The highest BCUT2D eigenvalue weighted by molar-refractivity contribution is 7.81. The zero-order valence-electron chi connectivity index (χ0n) is 12.8. The molecule has 1 aliphatic rings. The molecule has 2 aromatic rings. The first-order chi connectivity index (χ1) is 11.0. The molecule has 0 spiro atoms. The smallest absolute Gasteiger partial charge is 0.231 e. The molecule has 0 aromatic heterocycles. The Balaban J connectivity index is 1.87. The van der Waals surface area contributed by atoms with Crippen LogP contribution in [0.5, 0.6) is 23.0 Å². The van der Waals surface area contributed by atoms with Crippen molar-refractivity contribution in [2.75, 3.05) is 12.1 Å². The lowest BCUT2D eigenvalue weighted by Gasteiger charge is -2.14. The van der Waals surface area contributed by atoms with E-state index in [0.717, 1.165) is 11.3 Å². The van der Waals surface area contributed by atoms with Gasteiger partial charge < -0.3 is 25.0 Å². The minimum absolute atomic E-state index is 0.0622. The molecule has 2 aromatic carbocycles. The van der Waals surface area contributed by atoms with Gasteiger partial charge in [0.2, 0.25) is 6.79 Å². The Labute approximate surface area is 139 Å². The molecule has 6 heteroatoms. The zero-order chi connectivity index (χ0) is 16.6. The molecule has 0 aliphatic carbocycles. The fraction of sp³-hybridized carbons (Fsp3) is 0.235. The Bertz CT molecular complexity index is 773. The van der Waals surface area contributed by atoms with Gasteiger partial charge in [-0.15, -0.1) is 0 Å². The van der Waals surface area contributed by atoms with Crippen LogP contribution in [-0.2, 0) is 0 Å². The Kier molecular flexibility index (Phi) is 4.00. The second-order valence-electron chi connectivity index (χ2n) is 5.61. The van der Waals surface area contributed by atoms with Gasteiger partial charge in [-0.05, 0) is 29.7 Å². The number of thiocarbonyl (C=S) groups is 1. The summed E-state index contributed by atoms with van der Waals surface area (Å²) in [7, 11) is 0. The van der Waals surface area contributed by atoms with Crippen molar-refractivity contribution in [3.8, 4) is 23.0 Å². The molecule has 3 N–H and O–H groups in total. The van der Waals surface area contributed by atoms with Crippen LogP contribution in [0.1, 0.15) is 30.9 Å². The van der Waals surface area contributed by atoms with Crippen molar-refractivity contribution in [1.82, 2.24) is 0 Å². The monoisotopic (exact) mass is 331 g/mol. The number of anilines is 1. The van der Waals surface area contributed by atoms with Crippen molar-refractivity contribution in [3.05, 3.63) is 41.5 Å². The van der Waals surface area contributed by atoms with E-state index >= 15 is 0 Å². The van der Waals surface area contributed by atoms with Crippen LogP contribution in [0.15, 0.2) is 30.3 Å². The van der Waals surface area contributed by atoms with Crippen LogP contribution in [-0.4, -0.2) is 22.0 Å². The van der Waals surface area contributed by atoms with Crippen LogP contribution >= 0.6 is 12.2 Å². The van der Waals surface area contributed by atoms with Gasteiger partial charge in [-0.3, -0.25) is 0 Å². The van der Waals surface area contributed by atoms with E-state index in [2.05, 4.69) is 5.32 Å². The molecule has 0 fully saturated rings. The highest BCUT2D eigenvalue weighted by atomic mass is 32.1. The zero-order valence-corrected chi connectivity index (χ0v) is 13.6. The second-order valence-corrected chi connectivity index (χ2v) is 6.01. The number of phenolic OH excluding ortho intramolecular Hbond substituents is 2. The predicted octanol–water partition coefficient (Wildman–Crippen LogP) is 3.74. The van der Waals surface area contributed by atoms with Gasteiger partial charge in [-0.25, -0.2) is 0 Å². The SMILES string of the molecule is CC(C)c1cc(C(=S)Nc2ccc3c(c2)OCO3)c(O)cc1O. The van der Waals surface area contributed by atoms with Crippen molar-refractivity contribution in [2.45, 2.75) is 19.8 Å². The van der Waals surface area contributed by atoms with Gasteiger partial charge in [-0.2, -0.15) is 0 Å². The highest BCUT2D eigenvalue weighted by Crippen LogP contribution is 2.35. The molecule has 0 atom stereocenters. The minimum atomic E-state index is -0.0647. The lowest BCUT2D eigenvalue weighted by atomic mass is 9.99. The molecule has 3 rings (SSSR count). The first kappa shape index (κ1) is 15.4. The van der Waals surface area contributed by atoms with Crippen LogP contribution in [0.3, 0.4) is 0 Å². The Hall–Kier alpha value is -2.47. The molecular formula is C17H17NO4S. The number of hydrogen-bond donors (Lipinski definition) is 3. The average molecular weight is 331 g/mol. The number of ether oxygens (including phenoxy) is 2. The normalized spacial score (nSPS) is 12.5. The summed E-state index contributed by atoms with van der Waals surface area (Å²) >= 11 is 5.38. The van der Waals surface area contributed by atoms with Gasteiger partial charge in [-0.1, -0.05) is 26.1 Å². The van der Waals surface area contributed by atoms with Crippen molar-refractivity contribution in [3.63, 3.8) is 0 Å². The number of benzene rings is 2. The van der Waals surface area contributed by atoms with Gasteiger partial charge in [0, 0.05) is 17.8 Å². The first-order valence-electron chi connectivity index (χ1n) is 7.22. The Morgan fingerprint density at radius 2 is 1.83 bits per heavy atom. The Morgan fingerprint density at radius 1 is 1.09 bits per heavy atom. The van der Waals surface area contributed by atoms with E-state index in [9.17, 15) is 10.2 Å². The minimum Gasteiger partial charge on any atom is -0.508 e. The fourth-order valence-corrected chi connectivity index (χ4v) is 2.69. The van der Waals surface area contributed by atoms with E-state index in [0.29, 0.717) is 22.1 Å². The van der Waals surface area contributed by atoms with Crippen LogP contribution in [0.2, 0.25) is 0 Å². The summed E-state index contributed by atoms with van der Waals surface area (Å²) in [5, 5.41) is 23.0.